The van der Waals surface area contributed by atoms with Crippen molar-refractivity contribution in [1.29, 1.82) is 5.26 Å². The molecule has 0 saturated carbocycles. The van der Waals surface area contributed by atoms with Gasteiger partial charge < -0.3 is 4.90 Å². The zero-order valence-electron chi connectivity index (χ0n) is 17.8. The van der Waals surface area contributed by atoms with Gasteiger partial charge in [-0.3, -0.25) is 4.98 Å². The first-order chi connectivity index (χ1) is 15.5. The van der Waals surface area contributed by atoms with Gasteiger partial charge in [0.15, 0.2) is 0 Å². The molecule has 2 aromatic carbocycles. The molecule has 33 heavy (non-hydrogen) atoms. The average molecular weight is 464 g/mol. The first kappa shape index (κ1) is 24.4. The molecule has 0 bridgehead atoms. The van der Waals surface area contributed by atoms with E-state index in [1.54, 1.807) is 18.3 Å². The second-order valence-corrected chi connectivity index (χ2v) is 9.62. The van der Waals surface area contributed by atoms with E-state index in [0.29, 0.717) is 25.1 Å². The van der Waals surface area contributed by atoms with Gasteiger partial charge in [-0.05, 0) is 47.4 Å². The summed E-state index contributed by atoms with van der Waals surface area (Å²) in [7, 11) is -2.28. The molecule has 0 aliphatic carbocycles. The maximum Gasteiger partial charge on any atom is 0.279 e. The van der Waals surface area contributed by atoms with Crippen molar-refractivity contribution in [2.24, 2.45) is 0 Å². The highest BCUT2D eigenvalue weighted by Gasteiger charge is 2.35. The van der Waals surface area contributed by atoms with Crippen molar-refractivity contribution in [2.75, 3.05) is 18.5 Å². The molecule has 0 unspecified atom stereocenters. The van der Waals surface area contributed by atoms with E-state index in [1.165, 1.54) is 11.4 Å². The number of hydrogen-bond acceptors (Lipinski definition) is 5. The Kier molecular flexibility index (Phi) is 7.82. The van der Waals surface area contributed by atoms with E-state index < -0.39 is 10.2 Å². The fourth-order valence-electron chi connectivity index (χ4n) is 4.14. The molecular formula is C25H29N5O2S. The fourth-order valence-corrected chi connectivity index (χ4v) is 5.22. The van der Waals surface area contributed by atoms with Gasteiger partial charge in [-0.2, -0.15) is 18.0 Å². The van der Waals surface area contributed by atoms with Gasteiger partial charge >= 0.3 is 0 Å². The Balaban J connectivity index is 0.00000306. The Hall–Kier alpha value is -3.25. The van der Waals surface area contributed by atoms with Gasteiger partial charge in [0.25, 0.3) is 10.2 Å². The molecule has 1 aliphatic rings. The summed E-state index contributed by atoms with van der Waals surface area (Å²) in [5.74, 6) is 0. The number of rotatable bonds is 6. The van der Waals surface area contributed by atoms with E-state index in [9.17, 15) is 13.7 Å². The van der Waals surface area contributed by atoms with Crippen LogP contribution < -0.4 is 9.62 Å². The van der Waals surface area contributed by atoms with Crippen LogP contribution in [0.5, 0.6) is 0 Å². The Morgan fingerprint density at radius 1 is 1.12 bits per heavy atom. The molecule has 0 saturated heterocycles. The summed E-state index contributed by atoms with van der Waals surface area (Å²) >= 11 is 0. The lowest BCUT2D eigenvalue weighted by Gasteiger charge is -2.32. The molecule has 0 radical (unpaired) electrons. The van der Waals surface area contributed by atoms with Crippen LogP contribution in [0.25, 0.3) is 0 Å². The zero-order valence-corrected chi connectivity index (χ0v) is 18.7. The third kappa shape index (κ3) is 5.57. The summed E-state index contributed by atoms with van der Waals surface area (Å²) in [5.41, 5.74) is 4.35. The Morgan fingerprint density at radius 3 is 2.55 bits per heavy atom. The molecule has 172 valence electrons. The SMILES string of the molecule is C.CNS(=O)(=O)N1Cc2cc(C#N)ccc2N(Cc2cccnc2)C[C@H]1Cc1ccccc1. The minimum atomic E-state index is -3.71. The van der Waals surface area contributed by atoms with Crippen molar-refractivity contribution in [3.8, 4) is 6.07 Å². The lowest BCUT2D eigenvalue weighted by molar-refractivity contribution is 0.314. The summed E-state index contributed by atoms with van der Waals surface area (Å²) in [6.07, 6.45) is 4.13. The van der Waals surface area contributed by atoms with E-state index in [2.05, 4.69) is 20.7 Å². The summed E-state index contributed by atoms with van der Waals surface area (Å²) in [6.45, 7) is 1.28. The largest absolute Gasteiger partial charge is 0.365 e. The van der Waals surface area contributed by atoms with Gasteiger partial charge in [0.2, 0.25) is 0 Å². The molecule has 7 nitrogen and oxygen atoms in total. The Morgan fingerprint density at radius 2 is 1.88 bits per heavy atom. The molecule has 1 N–H and O–H groups in total. The first-order valence-corrected chi connectivity index (χ1v) is 11.9. The minimum Gasteiger partial charge on any atom is -0.365 e. The number of pyridine rings is 1. The van der Waals surface area contributed by atoms with E-state index in [4.69, 9.17) is 0 Å². The maximum absolute atomic E-state index is 13.1. The van der Waals surface area contributed by atoms with E-state index in [0.717, 1.165) is 22.4 Å². The molecule has 8 heteroatoms. The molecule has 1 aliphatic heterocycles. The number of benzene rings is 2. The predicted molar refractivity (Wildman–Crippen MR) is 131 cm³/mol. The maximum atomic E-state index is 13.1. The summed E-state index contributed by atoms with van der Waals surface area (Å²) < 4.78 is 30.1. The quantitative estimate of drug-likeness (QED) is 0.605. The fraction of sp³-hybridized carbons (Fsp3) is 0.280. The second-order valence-electron chi connectivity index (χ2n) is 7.80. The highest BCUT2D eigenvalue weighted by atomic mass is 32.2. The van der Waals surface area contributed by atoms with Crippen molar-refractivity contribution >= 4 is 15.9 Å². The van der Waals surface area contributed by atoms with Gasteiger partial charge in [-0.15, -0.1) is 0 Å². The smallest absolute Gasteiger partial charge is 0.279 e. The number of nitrogens with one attached hydrogen (secondary N) is 1. The van der Waals surface area contributed by atoms with Gasteiger partial charge in [0, 0.05) is 50.8 Å². The lowest BCUT2D eigenvalue weighted by atomic mass is 10.1. The molecule has 0 spiro atoms. The van der Waals surface area contributed by atoms with Crippen LogP contribution in [0.1, 0.15) is 29.7 Å². The number of nitrogens with zero attached hydrogens (tertiary/aromatic N) is 4. The van der Waals surface area contributed by atoms with Crippen molar-refractivity contribution in [3.63, 3.8) is 0 Å². The molecule has 0 amide bonds. The molecule has 4 rings (SSSR count). The Bertz CT molecular complexity index is 1210. The number of fused-ring (bicyclic) bond motifs is 1. The second kappa shape index (κ2) is 10.6. The molecule has 2 heterocycles. The van der Waals surface area contributed by atoms with Crippen LogP contribution in [-0.2, 0) is 29.7 Å². The Labute approximate surface area is 196 Å². The van der Waals surface area contributed by atoms with Crippen molar-refractivity contribution in [1.82, 2.24) is 14.0 Å². The van der Waals surface area contributed by atoms with Gasteiger partial charge in [0.05, 0.1) is 11.6 Å². The summed E-state index contributed by atoms with van der Waals surface area (Å²) in [4.78, 5) is 6.41. The van der Waals surface area contributed by atoms with Crippen LogP contribution >= 0.6 is 0 Å². The van der Waals surface area contributed by atoms with Gasteiger partial charge in [-0.1, -0.05) is 43.8 Å². The van der Waals surface area contributed by atoms with E-state index in [1.807, 2.05) is 54.7 Å². The third-order valence-corrected chi connectivity index (χ3v) is 7.25. The molecular weight excluding hydrogens is 434 g/mol. The van der Waals surface area contributed by atoms with Gasteiger partial charge in [-0.25, -0.2) is 4.72 Å². The molecule has 3 aromatic rings. The number of hydrogen-bond donors (Lipinski definition) is 1. The van der Waals surface area contributed by atoms with E-state index in [-0.39, 0.29) is 20.0 Å². The summed E-state index contributed by atoms with van der Waals surface area (Å²) in [6, 6.07) is 21.2. The van der Waals surface area contributed by atoms with E-state index >= 15 is 0 Å². The molecule has 0 fully saturated rings. The average Bonchev–Trinajstić information content (AvgIpc) is 2.97. The van der Waals surface area contributed by atoms with Crippen LogP contribution in [0.2, 0.25) is 0 Å². The van der Waals surface area contributed by atoms with Crippen molar-refractivity contribution < 1.29 is 8.42 Å². The lowest BCUT2D eigenvalue weighted by Crippen LogP contribution is -2.49. The zero-order chi connectivity index (χ0) is 22.6. The molecule has 1 aromatic heterocycles. The van der Waals surface area contributed by atoms with Crippen LogP contribution in [0, 0.1) is 11.3 Å². The van der Waals surface area contributed by atoms with Crippen LogP contribution in [0.15, 0.2) is 73.1 Å². The number of nitriles is 1. The number of anilines is 1. The topological polar surface area (TPSA) is 89.3 Å². The highest BCUT2D eigenvalue weighted by molar-refractivity contribution is 7.87. The molecule has 1 atom stereocenters. The highest BCUT2D eigenvalue weighted by Crippen LogP contribution is 2.31. The standard InChI is InChI=1S/C24H25N5O2S.CH4/c1-26-32(30,31)29-17-22-12-20(14-25)9-10-24(22)28(16-21-8-5-11-27-15-21)18-23(29)13-19-6-3-2-4-7-19;/h2-12,15,23,26H,13,16-18H2,1H3;1H4/t23-;/m1./s1. The van der Waals surface area contributed by atoms with Gasteiger partial charge in [0.1, 0.15) is 0 Å². The normalized spacial score (nSPS) is 16.2. The van der Waals surface area contributed by atoms with Crippen molar-refractivity contribution in [2.45, 2.75) is 33.0 Å². The van der Waals surface area contributed by atoms with Crippen molar-refractivity contribution in [3.05, 3.63) is 95.3 Å². The monoisotopic (exact) mass is 463 g/mol. The first-order valence-electron chi connectivity index (χ1n) is 10.4. The van der Waals surface area contributed by atoms with Crippen LogP contribution in [0.3, 0.4) is 0 Å². The van der Waals surface area contributed by atoms with Crippen LogP contribution in [0.4, 0.5) is 5.69 Å². The predicted octanol–water partition coefficient (Wildman–Crippen LogP) is 3.49. The summed E-state index contributed by atoms with van der Waals surface area (Å²) in [5, 5.41) is 9.41. The number of aromatic nitrogens is 1. The third-order valence-electron chi connectivity index (χ3n) is 5.69. The van der Waals surface area contributed by atoms with Crippen LogP contribution in [-0.4, -0.2) is 37.3 Å². The minimum absolute atomic E-state index is 0.